The first-order chi connectivity index (χ1) is 11.9. The molecule has 0 saturated carbocycles. The zero-order chi connectivity index (χ0) is 18.2. The van der Waals surface area contributed by atoms with E-state index >= 15 is 0 Å². The second kappa shape index (κ2) is 9.25. The van der Waals surface area contributed by atoms with E-state index < -0.39 is 5.97 Å². The molecule has 1 amide bonds. The first-order valence-corrected chi connectivity index (χ1v) is 8.32. The van der Waals surface area contributed by atoms with Gasteiger partial charge in [0.15, 0.2) is 6.61 Å². The Morgan fingerprint density at radius 1 is 1.12 bits per heavy atom. The molecule has 4 nitrogen and oxygen atoms in total. The van der Waals surface area contributed by atoms with Gasteiger partial charge in [0, 0.05) is 22.7 Å². The lowest BCUT2D eigenvalue weighted by atomic mass is 10.1. The number of carbonyl (C=O) groups is 2. The van der Waals surface area contributed by atoms with E-state index in [0.717, 1.165) is 11.1 Å². The van der Waals surface area contributed by atoms with Crippen LogP contribution in [0.5, 0.6) is 0 Å². The van der Waals surface area contributed by atoms with E-state index in [9.17, 15) is 9.59 Å². The monoisotopic (exact) mass is 377 g/mol. The maximum Gasteiger partial charge on any atom is 0.331 e. The Kier molecular flexibility index (Phi) is 7.04. The first-order valence-electron chi connectivity index (χ1n) is 7.56. The van der Waals surface area contributed by atoms with Gasteiger partial charge in [0.05, 0.1) is 0 Å². The molecule has 0 aliphatic carbocycles. The molecule has 0 aliphatic rings. The van der Waals surface area contributed by atoms with Crippen molar-refractivity contribution in [1.29, 1.82) is 0 Å². The zero-order valence-corrected chi connectivity index (χ0v) is 15.1. The van der Waals surface area contributed by atoms with Crippen molar-refractivity contribution < 1.29 is 14.3 Å². The van der Waals surface area contributed by atoms with Crippen LogP contribution in [-0.2, 0) is 20.9 Å². The summed E-state index contributed by atoms with van der Waals surface area (Å²) in [5.74, 6) is -0.997. The molecule has 0 saturated heterocycles. The van der Waals surface area contributed by atoms with Crippen LogP contribution in [0.15, 0.2) is 48.5 Å². The van der Waals surface area contributed by atoms with Gasteiger partial charge in [0.1, 0.15) is 0 Å². The molecule has 25 heavy (non-hydrogen) atoms. The molecule has 0 aliphatic heterocycles. The van der Waals surface area contributed by atoms with Crippen LogP contribution in [0.1, 0.15) is 16.7 Å². The highest BCUT2D eigenvalue weighted by atomic mass is 35.5. The van der Waals surface area contributed by atoms with Gasteiger partial charge in [-0.2, -0.15) is 0 Å². The molecule has 0 heterocycles. The average Bonchev–Trinajstić information content (AvgIpc) is 2.58. The fraction of sp³-hybridized carbons (Fsp3) is 0.158. The van der Waals surface area contributed by atoms with Crippen LogP contribution in [-0.4, -0.2) is 18.5 Å². The molecule has 1 N–H and O–H groups in total. The molecule has 0 aromatic heterocycles. The van der Waals surface area contributed by atoms with Crippen molar-refractivity contribution >= 4 is 41.2 Å². The van der Waals surface area contributed by atoms with Crippen molar-refractivity contribution in [3.05, 3.63) is 75.3 Å². The SMILES string of the molecule is Cc1ccc(CNC(=O)COC(=O)/C=C/c2ccc(Cl)cc2Cl)cc1. The second-order valence-corrected chi connectivity index (χ2v) is 6.21. The molecular formula is C19H17Cl2NO3. The normalized spacial score (nSPS) is 10.7. The van der Waals surface area contributed by atoms with Crippen LogP contribution in [0.25, 0.3) is 6.08 Å². The van der Waals surface area contributed by atoms with E-state index in [1.54, 1.807) is 18.2 Å². The van der Waals surface area contributed by atoms with Crippen LogP contribution in [0.3, 0.4) is 0 Å². The van der Waals surface area contributed by atoms with Crippen molar-refractivity contribution in [2.24, 2.45) is 0 Å². The van der Waals surface area contributed by atoms with Gasteiger partial charge in [-0.1, -0.05) is 59.1 Å². The van der Waals surface area contributed by atoms with Crippen molar-refractivity contribution in [2.45, 2.75) is 13.5 Å². The fourth-order valence-corrected chi connectivity index (χ4v) is 2.41. The van der Waals surface area contributed by atoms with Crippen LogP contribution >= 0.6 is 23.2 Å². The van der Waals surface area contributed by atoms with Gasteiger partial charge in [-0.3, -0.25) is 4.79 Å². The largest absolute Gasteiger partial charge is 0.452 e. The Labute approximate surface area is 156 Å². The predicted molar refractivity (Wildman–Crippen MR) is 99.5 cm³/mol. The number of hydrogen-bond acceptors (Lipinski definition) is 3. The third kappa shape index (κ3) is 6.61. The predicted octanol–water partition coefficient (Wildman–Crippen LogP) is 4.17. The van der Waals surface area contributed by atoms with Crippen molar-refractivity contribution in [2.75, 3.05) is 6.61 Å². The maximum absolute atomic E-state index is 11.7. The van der Waals surface area contributed by atoms with E-state index in [-0.39, 0.29) is 12.5 Å². The Hall–Kier alpha value is -2.30. The molecule has 2 aromatic rings. The topological polar surface area (TPSA) is 55.4 Å². The summed E-state index contributed by atoms with van der Waals surface area (Å²) in [5, 5.41) is 3.62. The number of amides is 1. The summed E-state index contributed by atoms with van der Waals surface area (Å²) in [4.78, 5) is 23.4. The van der Waals surface area contributed by atoms with Gasteiger partial charge in [-0.05, 0) is 36.3 Å². The minimum atomic E-state index is -0.628. The Morgan fingerprint density at radius 2 is 1.84 bits per heavy atom. The zero-order valence-electron chi connectivity index (χ0n) is 13.6. The standard InChI is InChI=1S/C19H17Cl2NO3/c1-13-2-4-14(5-3-13)11-22-18(23)12-25-19(24)9-7-15-6-8-16(20)10-17(15)21/h2-10H,11-12H2,1H3,(H,22,23)/b9-7+. The molecule has 0 atom stereocenters. The third-order valence-electron chi connectivity index (χ3n) is 3.32. The quantitative estimate of drug-likeness (QED) is 0.606. The molecule has 0 unspecified atom stereocenters. The number of benzene rings is 2. The van der Waals surface area contributed by atoms with Crippen LogP contribution < -0.4 is 5.32 Å². The summed E-state index contributed by atoms with van der Waals surface area (Å²) >= 11 is 11.8. The molecule has 0 bridgehead atoms. The van der Waals surface area contributed by atoms with Crippen molar-refractivity contribution in [1.82, 2.24) is 5.32 Å². The van der Waals surface area contributed by atoms with E-state index in [2.05, 4.69) is 5.32 Å². The van der Waals surface area contributed by atoms with Gasteiger partial charge in [0.2, 0.25) is 0 Å². The number of aryl methyl sites for hydroxylation is 1. The lowest BCUT2D eigenvalue weighted by Crippen LogP contribution is -2.28. The van der Waals surface area contributed by atoms with Crippen LogP contribution in [0, 0.1) is 6.92 Å². The number of halogens is 2. The molecule has 130 valence electrons. The minimum Gasteiger partial charge on any atom is -0.452 e. The van der Waals surface area contributed by atoms with Crippen molar-refractivity contribution in [3.8, 4) is 0 Å². The summed E-state index contributed by atoms with van der Waals surface area (Å²) in [5.41, 5.74) is 2.76. The molecule has 2 aromatic carbocycles. The average molecular weight is 378 g/mol. The number of carbonyl (C=O) groups excluding carboxylic acids is 2. The lowest BCUT2D eigenvalue weighted by molar-refractivity contribution is -0.143. The molecule has 0 spiro atoms. The Balaban J connectivity index is 1.76. The summed E-state index contributed by atoms with van der Waals surface area (Å²) in [6.45, 7) is 2.03. The van der Waals surface area contributed by atoms with Gasteiger partial charge in [-0.15, -0.1) is 0 Å². The second-order valence-electron chi connectivity index (χ2n) is 5.37. The smallest absolute Gasteiger partial charge is 0.331 e. The number of nitrogens with one attached hydrogen (secondary N) is 1. The van der Waals surface area contributed by atoms with Crippen LogP contribution in [0.4, 0.5) is 0 Å². The fourth-order valence-electron chi connectivity index (χ4n) is 1.94. The highest BCUT2D eigenvalue weighted by Crippen LogP contribution is 2.21. The van der Waals surface area contributed by atoms with Crippen molar-refractivity contribution in [3.63, 3.8) is 0 Å². The van der Waals surface area contributed by atoms with Gasteiger partial charge >= 0.3 is 5.97 Å². The molecule has 6 heteroatoms. The maximum atomic E-state index is 11.7. The Morgan fingerprint density at radius 3 is 2.52 bits per heavy atom. The summed E-state index contributed by atoms with van der Waals surface area (Å²) in [6, 6.07) is 12.7. The molecular weight excluding hydrogens is 361 g/mol. The molecule has 0 fully saturated rings. The minimum absolute atomic E-state index is 0.344. The molecule has 2 rings (SSSR count). The van der Waals surface area contributed by atoms with Crippen LogP contribution in [0.2, 0.25) is 10.0 Å². The summed E-state index contributed by atoms with van der Waals surface area (Å²) in [7, 11) is 0. The molecule has 0 radical (unpaired) electrons. The first kappa shape index (κ1) is 19.0. The highest BCUT2D eigenvalue weighted by Gasteiger charge is 2.05. The summed E-state index contributed by atoms with van der Waals surface area (Å²) in [6.07, 6.45) is 2.72. The lowest BCUT2D eigenvalue weighted by Gasteiger charge is -2.06. The van der Waals surface area contributed by atoms with E-state index in [0.29, 0.717) is 22.2 Å². The van der Waals surface area contributed by atoms with E-state index in [1.165, 1.54) is 12.2 Å². The number of hydrogen-bond donors (Lipinski definition) is 1. The Bertz CT molecular complexity index is 786. The van der Waals surface area contributed by atoms with Gasteiger partial charge in [0.25, 0.3) is 5.91 Å². The summed E-state index contributed by atoms with van der Waals surface area (Å²) < 4.78 is 4.89. The van der Waals surface area contributed by atoms with Gasteiger partial charge in [-0.25, -0.2) is 4.79 Å². The number of ether oxygens (including phenoxy) is 1. The van der Waals surface area contributed by atoms with E-state index in [1.807, 2.05) is 31.2 Å². The highest BCUT2D eigenvalue weighted by molar-refractivity contribution is 6.35. The number of rotatable bonds is 6. The third-order valence-corrected chi connectivity index (χ3v) is 3.88. The number of esters is 1. The van der Waals surface area contributed by atoms with Gasteiger partial charge < -0.3 is 10.1 Å². The van der Waals surface area contributed by atoms with E-state index in [4.69, 9.17) is 27.9 Å².